The zero-order valence-corrected chi connectivity index (χ0v) is 9.35. The van der Waals surface area contributed by atoms with Gasteiger partial charge in [0.15, 0.2) is 0 Å². The number of ether oxygens (including phenoxy) is 1. The fraction of sp³-hybridized carbons (Fsp3) is 0.500. The normalized spacial score (nSPS) is 10.6. The predicted molar refractivity (Wildman–Crippen MR) is 57.6 cm³/mol. The van der Waals surface area contributed by atoms with Crippen molar-refractivity contribution < 1.29 is 9.84 Å². The van der Waals surface area contributed by atoms with Crippen LogP contribution in [-0.4, -0.2) is 11.7 Å². The molecular formula is C12H18O2. The van der Waals surface area contributed by atoms with Crippen molar-refractivity contribution in [2.75, 3.05) is 6.61 Å². The van der Waals surface area contributed by atoms with Crippen molar-refractivity contribution >= 4 is 0 Å². The molecule has 0 radical (unpaired) electrons. The van der Waals surface area contributed by atoms with E-state index in [1.807, 2.05) is 33.8 Å². The molecule has 78 valence electrons. The molecule has 0 spiro atoms. The van der Waals surface area contributed by atoms with Crippen LogP contribution in [0.4, 0.5) is 0 Å². The molecule has 0 aliphatic rings. The zero-order valence-electron chi connectivity index (χ0n) is 9.35. The molecule has 0 aromatic heterocycles. The topological polar surface area (TPSA) is 29.5 Å². The van der Waals surface area contributed by atoms with Crippen LogP contribution in [0.1, 0.15) is 29.2 Å². The Labute approximate surface area is 85.5 Å². The van der Waals surface area contributed by atoms with Gasteiger partial charge in [-0.3, -0.25) is 0 Å². The molecule has 0 atom stereocenters. The third kappa shape index (κ3) is 2.07. The van der Waals surface area contributed by atoms with E-state index in [0.717, 1.165) is 16.7 Å². The van der Waals surface area contributed by atoms with Crippen molar-refractivity contribution in [2.45, 2.75) is 34.3 Å². The van der Waals surface area contributed by atoms with Gasteiger partial charge in [-0.1, -0.05) is 6.07 Å². The van der Waals surface area contributed by atoms with E-state index >= 15 is 0 Å². The zero-order chi connectivity index (χ0) is 10.7. The molecule has 0 bridgehead atoms. The summed E-state index contributed by atoms with van der Waals surface area (Å²) in [6, 6.07) is 2.00. The van der Waals surface area contributed by atoms with Crippen LogP contribution in [0, 0.1) is 20.8 Å². The minimum absolute atomic E-state index is 0.394. The maximum absolute atomic E-state index is 9.76. The van der Waals surface area contributed by atoms with Gasteiger partial charge < -0.3 is 9.84 Å². The molecule has 14 heavy (non-hydrogen) atoms. The average Bonchev–Trinajstić information content (AvgIpc) is 2.14. The summed E-state index contributed by atoms with van der Waals surface area (Å²) in [7, 11) is 0. The van der Waals surface area contributed by atoms with Crippen LogP contribution >= 0.6 is 0 Å². The first kappa shape index (κ1) is 11.1. The third-order valence-corrected chi connectivity index (χ3v) is 2.54. The molecule has 0 heterocycles. The minimum atomic E-state index is 0.394. The third-order valence-electron chi connectivity index (χ3n) is 2.54. The summed E-state index contributed by atoms with van der Waals surface area (Å²) >= 11 is 0. The predicted octanol–water partition coefficient (Wildman–Crippen LogP) is 2.85. The smallest absolute Gasteiger partial charge is 0.121 e. The van der Waals surface area contributed by atoms with Gasteiger partial charge in [0.2, 0.25) is 0 Å². The summed E-state index contributed by atoms with van der Waals surface area (Å²) in [5.41, 5.74) is 4.16. The molecule has 0 amide bonds. The Morgan fingerprint density at radius 3 is 2.43 bits per heavy atom. The number of hydrogen-bond donors (Lipinski definition) is 1. The van der Waals surface area contributed by atoms with Gasteiger partial charge in [-0.2, -0.15) is 0 Å². The van der Waals surface area contributed by atoms with Gasteiger partial charge in [-0.05, 0) is 49.9 Å². The lowest BCUT2D eigenvalue weighted by atomic mass is 9.99. The Bertz CT molecular complexity index is 330. The Hall–Kier alpha value is -1.02. The highest BCUT2D eigenvalue weighted by Crippen LogP contribution is 2.27. The van der Waals surface area contributed by atoms with E-state index in [2.05, 4.69) is 0 Å². The van der Waals surface area contributed by atoms with Gasteiger partial charge in [-0.25, -0.2) is 0 Å². The first-order chi connectivity index (χ1) is 6.57. The maximum atomic E-state index is 9.76. The van der Waals surface area contributed by atoms with E-state index in [9.17, 15) is 5.11 Å². The van der Waals surface area contributed by atoms with Crippen molar-refractivity contribution in [1.82, 2.24) is 0 Å². The minimum Gasteiger partial charge on any atom is -0.507 e. The number of phenolic OH excluding ortho intramolecular Hbond substituents is 1. The lowest BCUT2D eigenvalue weighted by Gasteiger charge is -2.13. The molecule has 0 saturated heterocycles. The molecule has 0 saturated carbocycles. The second-order valence-corrected chi connectivity index (χ2v) is 3.60. The van der Waals surface area contributed by atoms with E-state index in [1.165, 1.54) is 5.56 Å². The van der Waals surface area contributed by atoms with Gasteiger partial charge in [0.25, 0.3) is 0 Å². The molecule has 0 aliphatic heterocycles. The Morgan fingerprint density at radius 1 is 1.21 bits per heavy atom. The van der Waals surface area contributed by atoms with Crippen molar-refractivity contribution in [1.29, 1.82) is 0 Å². The fourth-order valence-corrected chi connectivity index (χ4v) is 1.64. The molecule has 1 rings (SSSR count). The molecule has 0 aliphatic carbocycles. The quantitative estimate of drug-likeness (QED) is 0.801. The Kier molecular flexibility index (Phi) is 3.53. The number of benzene rings is 1. The second-order valence-electron chi connectivity index (χ2n) is 3.60. The standard InChI is InChI=1S/C12H18O2/c1-5-14-7-11-8(2)6-9(3)12(13)10(11)4/h6,13H,5,7H2,1-4H3. The molecule has 0 unspecified atom stereocenters. The molecule has 1 N–H and O–H groups in total. The maximum Gasteiger partial charge on any atom is 0.121 e. The van der Waals surface area contributed by atoms with Crippen molar-refractivity contribution in [3.05, 3.63) is 28.3 Å². The summed E-state index contributed by atoms with van der Waals surface area (Å²) in [6.07, 6.45) is 0. The van der Waals surface area contributed by atoms with Crippen LogP contribution in [0.3, 0.4) is 0 Å². The summed E-state index contributed by atoms with van der Waals surface area (Å²) < 4.78 is 5.36. The molecule has 2 heteroatoms. The SMILES string of the molecule is CCOCc1c(C)cc(C)c(O)c1C. The lowest BCUT2D eigenvalue weighted by molar-refractivity contribution is 0.133. The van der Waals surface area contributed by atoms with E-state index in [4.69, 9.17) is 4.74 Å². The Morgan fingerprint density at radius 2 is 1.86 bits per heavy atom. The largest absolute Gasteiger partial charge is 0.507 e. The number of phenols is 1. The van der Waals surface area contributed by atoms with E-state index in [-0.39, 0.29) is 0 Å². The second kappa shape index (κ2) is 4.47. The van der Waals surface area contributed by atoms with Gasteiger partial charge >= 0.3 is 0 Å². The molecule has 2 nitrogen and oxygen atoms in total. The van der Waals surface area contributed by atoms with Crippen molar-refractivity contribution in [3.63, 3.8) is 0 Å². The average molecular weight is 194 g/mol. The van der Waals surface area contributed by atoms with E-state index < -0.39 is 0 Å². The van der Waals surface area contributed by atoms with Gasteiger partial charge in [-0.15, -0.1) is 0 Å². The van der Waals surface area contributed by atoms with Crippen molar-refractivity contribution in [2.24, 2.45) is 0 Å². The number of aromatic hydroxyl groups is 1. The summed E-state index contributed by atoms with van der Waals surface area (Å²) in [5.74, 6) is 0.394. The van der Waals surface area contributed by atoms with E-state index in [0.29, 0.717) is 19.0 Å². The van der Waals surface area contributed by atoms with E-state index in [1.54, 1.807) is 0 Å². The van der Waals surface area contributed by atoms with Gasteiger partial charge in [0.1, 0.15) is 5.75 Å². The number of aryl methyl sites for hydroxylation is 2. The van der Waals surface area contributed by atoms with Gasteiger partial charge in [0.05, 0.1) is 6.61 Å². The fourth-order valence-electron chi connectivity index (χ4n) is 1.64. The summed E-state index contributed by atoms with van der Waals surface area (Å²) in [5, 5.41) is 9.76. The summed E-state index contributed by atoms with van der Waals surface area (Å²) in [6.45, 7) is 9.16. The van der Waals surface area contributed by atoms with Crippen LogP contribution in [0.25, 0.3) is 0 Å². The highest BCUT2D eigenvalue weighted by Gasteiger charge is 2.09. The number of hydrogen-bond acceptors (Lipinski definition) is 2. The molecule has 0 fully saturated rings. The Balaban J connectivity index is 3.09. The molecule has 1 aromatic rings. The van der Waals surface area contributed by atoms with Gasteiger partial charge in [0, 0.05) is 6.61 Å². The summed E-state index contributed by atoms with van der Waals surface area (Å²) in [4.78, 5) is 0. The van der Waals surface area contributed by atoms with Crippen LogP contribution in [0.5, 0.6) is 5.75 Å². The van der Waals surface area contributed by atoms with Crippen LogP contribution in [-0.2, 0) is 11.3 Å². The molecular weight excluding hydrogens is 176 g/mol. The monoisotopic (exact) mass is 194 g/mol. The highest BCUT2D eigenvalue weighted by atomic mass is 16.5. The van der Waals surface area contributed by atoms with Crippen molar-refractivity contribution in [3.8, 4) is 5.75 Å². The lowest BCUT2D eigenvalue weighted by Crippen LogP contribution is -1.99. The van der Waals surface area contributed by atoms with Crippen LogP contribution in [0.15, 0.2) is 6.07 Å². The van der Waals surface area contributed by atoms with Crippen LogP contribution in [0.2, 0.25) is 0 Å². The first-order valence-corrected chi connectivity index (χ1v) is 4.94. The molecule has 1 aromatic carbocycles. The highest BCUT2D eigenvalue weighted by molar-refractivity contribution is 5.47. The number of rotatable bonds is 3. The first-order valence-electron chi connectivity index (χ1n) is 4.94. The van der Waals surface area contributed by atoms with Crippen LogP contribution < -0.4 is 0 Å².